The number of hydrogen-bond donors (Lipinski definition) is 1. The van der Waals surface area contributed by atoms with E-state index in [9.17, 15) is 0 Å². The number of rotatable bonds is 0. The zero-order valence-corrected chi connectivity index (χ0v) is 6.87. The van der Waals surface area contributed by atoms with Crippen LogP contribution in [0.25, 0.3) is 0 Å². The van der Waals surface area contributed by atoms with E-state index in [1.807, 2.05) is 0 Å². The van der Waals surface area contributed by atoms with Gasteiger partial charge in [0, 0.05) is 17.6 Å². The highest BCUT2D eigenvalue weighted by Crippen LogP contribution is 2.33. The molecule has 1 atom stereocenters. The molecule has 1 aromatic rings. The molecule has 0 fully saturated rings. The predicted molar refractivity (Wildman–Crippen MR) is 45.8 cm³/mol. The molecule has 54 valence electrons. The first kappa shape index (κ1) is 6.23. The lowest BCUT2D eigenvalue weighted by atomic mass is 9.96. The van der Waals surface area contributed by atoms with Crippen LogP contribution in [0, 0.1) is 0 Å². The van der Waals surface area contributed by atoms with Crippen LogP contribution < -0.4 is 5.32 Å². The van der Waals surface area contributed by atoms with Crippen molar-refractivity contribution in [1.82, 2.24) is 0 Å². The summed E-state index contributed by atoms with van der Waals surface area (Å²) >= 11 is 1.80. The van der Waals surface area contributed by atoms with Crippen molar-refractivity contribution in [2.45, 2.75) is 19.3 Å². The van der Waals surface area contributed by atoms with Gasteiger partial charge in [0.25, 0.3) is 0 Å². The van der Waals surface area contributed by atoms with Crippen molar-refractivity contribution in [1.29, 1.82) is 0 Å². The van der Waals surface area contributed by atoms with Crippen molar-refractivity contribution in [3.8, 4) is 0 Å². The Morgan fingerprint density at radius 2 is 2.50 bits per heavy atom. The van der Waals surface area contributed by atoms with Crippen molar-refractivity contribution < 1.29 is 0 Å². The Morgan fingerprint density at radius 1 is 1.60 bits per heavy atom. The van der Waals surface area contributed by atoms with Crippen LogP contribution in [0.2, 0.25) is 0 Å². The van der Waals surface area contributed by atoms with E-state index in [0.29, 0.717) is 0 Å². The molecule has 10 heavy (non-hydrogen) atoms. The van der Waals surface area contributed by atoms with E-state index >= 15 is 0 Å². The van der Waals surface area contributed by atoms with Gasteiger partial charge in [-0.2, -0.15) is 0 Å². The molecule has 0 saturated heterocycles. The fourth-order valence-corrected chi connectivity index (χ4v) is 2.34. The smallest absolute Gasteiger partial charge is 0.0484 e. The molecular formula is C8H11NS. The first-order valence-electron chi connectivity index (χ1n) is 3.68. The topological polar surface area (TPSA) is 12.0 Å². The summed E-state index contributed by atoms with van der Waals surface area (Å²) in [5.74, 6) is 0.766. The summed E-state index contributed by atoms with van der Waals surface area (Å²) in [5, 5.41) is 7.84. The molecule has 2 heteroatoms. The first-order valence-corrected chi connectivity index (χ1v) is 4.62. The van der Waals surface area contributed by atoms with Crippen LogP contribution in [-0.4, -0.2) is 6.54 Å². The zero-order chi connectivity index (χ0) is 6.97. The second kappa shape index (κ2) is 2.27. The molecule has 1 aliphatic heterocycles. The molecule has 1 aliphatic rings. The lowest BCUT2D eigenvalue weighted by Crippen LogP contribution is -2.12. The van der Waals surface area contributed by atoms with Crippen LogP contribution in [0.15, 0.2) is 10.8 Å². The van der Waals surface area contributed by atoms with Gasteiger partial charge in [0.05, 0.1) is 0 Å². The zero-order valence-electron chi connectivity index (χ0n) is 6.05. The fourth-order valence-electron chi connectivity index (χ4n) is 1.41. The van der Waals surface area contributed by atoms with Crippen molar-refractivity contribution in [2.24, 2.45) is 0 Å². The summed E-state index contributed by atoms with van der Waals surface area (Å²) in [6, 6.07) is 0. The third kappa shape index (κ3) is 0.833. The molecule has 1 nitrogen and oxygen atoms in total. The molecule has 2 rings (SSSR count). The van der Waals surface area contributed by atoms with Crippen molar-refractivity contribution in [3.63, 3.8) is 0 Å². The molecule has 0 amide bonds. The Bertz CT molecular complexity index is 229. The van der Waals surface area contributed by atoms with Crippen LogP contribution in [0.1, 0.15) is 24.8 Å². The van der Waals surface area contributed by atoms with Gasteiger partial charge in [-0.05, 0) is 23.3 Å². The average molecular weight is 153 g/mol. The van der Waals surface area contributed by atoms with E-state index in [0.717, 1.165) is 12.5 Å². The summed E-state index contributed by atoms with van der Waals surface area (Å²) in [6.07, 6.45) is 1.28. The highest BCUT2D eigenvalue weighted by Gasteiger charge is 2.15. The molecule has 0 aromatic carbocycles. The summed E-state index contributed by atoms with van der Waals surface area (Å²) in [5.41, 5.74) is 2.88. The van der Waals surface area contributed by atoms with E-state index in [-0.39, 0.29) is 0 Å². The van der Waals surface area contributed by atoms with E-state index in [1.165, 1.54) is 17.7 Å². The van der Waals surface area contributed by atoms with Gasteiger partial charge in [0.15, 0.2) is 0 Å². The standard InChI is InChI=1S/C8H11NS/c1-6-2-3-9-8-5-10-4-7(6)8/h4-6,9H,2-3H2,1H3. The molecule has 1 N–H and O–H groups in total. The Hall–Kier alpha value is -0.500. The van der Waals surface area contributed by atoms with Crippen LogP contribution in [0.3, 0.4) is 0 Å². The molecule has 0 spiro atoms. The van der Waals surface area contributed by atoms with E-state index in [1.54, 1.807) is 11.3 Å². The quantitative estimate of drug-likeness (QED) is 0.604. The monoisotopic (exact) mass is 153 g/mol. The van der Waals surface area contributed by atoms with Gasteiger partial charge < -0.3 is 5.32 Å². The second-order valence-electron chi connectivity index (χ2n) is 2.86. The Kier molecular flexibility index (Phi) is 1.42. The molecule has 1 unspecified atom stereocenters. The molecule has 0 saturated carbocycles. The molecular weight excluding hydrogens is 142 g/mol. The molecule has 0 aliphatic carbocycles. The van der Waals surface area contributed by atoms with Crippen LogP contribution in [-0.2, 0) is 0 Å². The SMILES string of the molecule is CC1CCNc2cscc21. The maximum Gasteiger partial charge on any atom is 0.0484 e. The third-order valence-electron chi connectivity index (χ3n) is 2.12. The Balaban J connectivity index is 2.41. The van der Waals surface area contributed by atoms with Crippen LogP contribution in [0.4, 0.5) is 5.69 Å². The lowest BCUT2D eigenvalue weighted by molar-refractivity contribution is 0.687. The van der Waals surface area contributed by atoms with Gasteiger partial charge in [-0.25, -0.2) is 0 Å². The van der Waals surface area contributed by atoms with Crippen molar-refractivity contribution in [2.75, 3.05) is 11.9 Å². The van der Waals surface area contributed by atoms with Crippen molar-refractivity contribution in [3.05, 3.63) is 16.3 Å². The van der Waals surface area contributed by atoms with E-state index in [2.05, 4.69) is 23.0 Å². The van der Waals surface area contributed by atoms with Crippen molar-refractivity contribution >= 4 is 17.0 Å². The van der Waals surface area contributed by atoms with Gasteiger partial charge in [-0.15, -0.1) is 11.3 Å². The summed E-state index contributed by atoms with van der Waals surface area (Å²) in [6.45, 7) is 3.44. The largest absolute Gasteiger partial charge is 0.384 e. The van der Waals surface area contributed by atoms with Gasteiger partial charge >= 0.3 is 0 Å². The Morgan fingerprint density at radius 3 is 3.30 bits per heavy atom. The summed E-state index contributed by atoms with van der Waals surface area (Å²) in [4.78, 5) is 0. The highest BCUT2D eigenvalue weighted by molar-refractivity contribution is 7.08. The third-order valence-corrected chi connectivity index (χ3v) is 2.88. The summed E-state index contributed by atoms with van der Waals surface area (Å²) < 4.78 is 0. The van der Waals surface area contributed by atoms with E-state index < -0.39 is 0 Å². The van der Waals surface area contributed by atoms with Crippen LogP contribution >= 0.6 is 11.3 Å². The Labute approximate surface area is 65.1 Å². The highest BCUT2D eigenvalue weighted by atomic mass is 32.1. The number of fused-ring (bicyclic) bond motifs is 1. The minimum absolute atomic E-state index is 0.766. The maximum absolute atomic E-state index is 3.38. The lowest BCUT2D eigenvalue weighted by Gasteiger charge is -2.19. The second-order valence-corrected chi connectivity index (χ2v) is 3.60. The molecule has 0 radical (unpaired) electrons. The van der Waals surface area contributed by atoms with Gasteiger partial charge in [0.2, 0.25) is 0 Å². The molecule has 0 bridgehead atoms. The van der Waals surface area contributed by atoms with E-state index in [4.69, 9.17) is 0 Å². The van der Waals surface area contributed by atoms with Gasteiger partial charge in [-0.3, -0.25) is 0 Å². The van der Waals surface area contributed by atoms with Crippen LogP contribution in [0.5, 0.6) is 0 Å². The number of thiophene rings is 1. The van der Waals surface area contributed by atoms with Gasteiger partial charge in [-0.1, -0.05) is 6.92 Å². The first-order chi connectivity index (χ1) is 4.88. The normalized spacial score (nSPS) is 23.5. The maximum atomic E-state index is 3.38. The molecule has 2 heterocycles. The summed E-state index contributed by atoms with van der Waals surface area (Å²) in [7, 11) is 0. The predicted octanol–water partition coefficient (Wildman–Crippen LogP) is 2.67. The number of nitrogens with one attached hydrogen (secondary N) is 1. The number of anilines is 1. The average Bonchev–Trinajstić information content (AvgIpc) is 2.36. The minimum Gasteiger partial charge on any atom is -0.384 e. The fraction of sp³-hybridized carbons (Fsp3) is 0.500. The van der Waals surface area contributed by atoms with Gasteiger partial charge in [0.1, 0.15) is 0 Å². The minimum atomic E-state index is 0.766. The number of hydrogen-bond acceptors (Lipinski definition) is 2. The molecule has 1 aromatic heterocycles.